The van der Waals surface area contributed by atoms with Crippen LogP contribution in [0.2, 0.25) is 0 Å². The Hall–Kier alpha value is -3.24. The lowest BCUT2D eigenvalue weighted by Crippen LogP contribution is -2.71. The van der Waals surface area contributed by atoms with Gasteiger partial charge in [-0.2, -0.15) is 0 Å². The molecule has 0 unspecified atom stereocenters. The van der Waals surface area contributed by atoms with E-state index in [1.165, 1.54) is 26.0 Å². The molecular formula is C19H27N9O6S. The first-order chi connectivity index (χ1) is 16.6. The summed E-state index contributed by atoms with van der Waals surface area (Å²) >= 11 is 1.39. The molecule has 3 amide bonds. The van der Waals surface area contributed by atoms with Gasteiger partial charge in [0.15, 0.2) is 0 Å². The summed E-state index contributed by atoms with van der Waals surface area (Å²) in [7, 11) is 0. The van der Waals surface area contributed by atoms with Crippen molar-refractivity contribution in [2.75, 3.05) is 13.1 Å². The fourth-order valence-electron chi connectivity index (χ4n) is 4.27. The van der Waals surface area contributed by atoms with Gasteiger partial charge in [0.2, 0.25) is 11.8 Å². The minimum absolute atomic E-state index is 0.245. The third-order valence-electron chi connectivity index (χ3n) is 5.96. The van der Waals surface area contributed by atoms with Gasteiger partial charge < -0.3 is 30.4 Å². The highest BCUT2D eigenvalue weighted by molar-refractivity contribution is 8.01. The van der Waals surface area contributed by atoms with E-state index in [9.17, 15) is 24.6 Å². The summed E-state index contributed by atoms with van der Waals surface area (Å²) < 4.78 is 2.38. The number of carbonyl (C=O) groups is 3. The number of carbonyl (C=O) groups excluding carboxylic acids is 2. The van der Waals surface area contributed by atoms with Gasteiger partial charge in [-0.1, -0.05) is 10.4 Å². The largest absolute Gasteiger partial charge is 0.465 e. The van der Waals surface area contributed by atoms with Crippen LogP contribution in [0, 0.1) is 0 Å². The molecule has 190 valence electrons. The van der Waals surface area contributed by atoms with Crippen LogP contribution >= 0.6 is 11.8 Å². The van der Waals surface area contributed by atoms with Gasteiger partial charge in [-0.25, -0.2) is 4.79 Å². The van der Waals surface area contributed by atoms with Crippen molar-refractivity contribution in [3.63, 3.8) is 0 Å². The van der Waals surface area contributed by atoms with Gasteiger partial charge in [0, 0.05) is 17.8 Å². The number of aromatic nitrogens is 6. The van der Waals surface area contributed by atoms with Crippen LogP contribution < -0.4 is 5.32 Å². The molecule has 16 heteroatoms. The summed E-state index contributed by atoms with van der Waals surface area (Å²) in [5.74, 6) is -0.710. The average molecular weight is 510 g/mol. The van der Waals surface area contributed by atoms with Crippen LogP contribution in [0.15, 0.2) is 12.4 Å². The number of thioether (sulfide) groups is 1. The first-order valence-corrected chi connectivity index (χ1v) is 11.8. The molecule has 4 N–H and O–H groups in total. The number of nitrogens with one attached hydrogen (secondary N) is 1. The summed E-state index contributed by atoms with van der Waals surface area (Å²) in [6.07, 6.45) is 1.88. The van der Waals surface area contributed by atoms with Crippen molar-refractivity contribution < 1.29 is 29.7 Å². The highest BCUT2D eigenvalue weighted by atomic mass is 32.2. The fraction of sp³-hybridized carbons (Fsp3) is 0.632. The Balaban J connectivity index is 1.52. The molecule has 0 radical (unpaired) electrons. The zero-order chi connectivity index (χ0) is 25.3. The predicted molar refractivity (Wildman–Crippen MR) is 120 cm³/mol. The van der Waals surface area contributed by atoms with Gasteiger partial charge in [0.1, 0.15) is 28.8 Å². The van der Waals surface area contributed by atoms with Crippen molar-refractivity contribution in [2.24, 2.45) is 0 Å². The molecule has 0 aliphatic carbocycles. The maximum absolute atomic E-state index is 13.8. The molecule has 35 heavy (non-hydrogen) atoms. The van der Waals surface area contributed by atoms with Crippen molar-refractivity contribution in [3.8, 4) is 0 Å². The minimum Gasteiger partial charge on any atom is -0.465 e. The number of aliphatic hydroxyl groups excluding tert-OH is 2. The Morgan fingerprint density at radius 3 is 2.09 bits per heavy atom. The summed E-state index contributed by atoms with van der Waals surface area (Å²) in [6.45, 7) is 4.32. The van der Waals surface area contributed by atoms with E-state index < -0.39 is 34.2 Å². The summed E-state index contributed by atoms with van der Waals surface area (Å²) in [5, 5.41) is 44.8. The van der Waals surface area contributed by atoms with E-state index in [0.29, 0.717) is 24.5 Å². The molecule has 0 bridgehead atoms. The molecule has 4 heterocycles. The van der Waals surface area contributed by atoms with Crippen molar-refractivity contribution >= 4 is 29.7 Å². The molecule has 2 saturated heterocycles. The summed E-state index contributed by atoms with van der Waals surface area (Å²) in [4.78, 5) is 40.7. The maximum Gasteiger partial charge on any atom is 0.405 e. The van der Waals surface area contributed by atoms with Gasteiger partial charge in [0.05, 0.1) is 38.7 Å². The Morgan fingerprint density at radius 2 is 1.63 bits per heavy atom. The lowest BCUT2D eigenvalue weighted by molar-refractivity contribution is -0.157. The topological polar surface area (TPSA) is 192 Å². The van der Waals surface area contributed by atoms with Crippen molar-refractivity contribution in [3.05, 3.63) is 23.8 Å². The standard InChI is InChI=1S/C19H27N9O6S/c1-19(2)14(28-15(31)13(17(28)35-19)20-18(33)34)16(32)25(3-5-26-7-11(9-29)21-23-26)4-6-27-8-12(10-30)22-24-27/h7-8,13-14,17,20,29-30H,3-6,9-10H2,1-2H3,(H,33,34)/t13-,14+,17-/m1/s1. The molecule has 2 fully saturated rings. The Morgan fingerprint density at radius 1 is 1.09 bits per heavy atom. The SMILES string of the molecule is CC1(C)S[C@@H]2[C@H](NC(=O)O)C(=O)N2[C@H]1C(=O)N(CCn1cc(CO)nn1)CCn1cc(CO)nn1. The molecule has 2 aromatic heterocycles. The molecule has 2 aliphatic rings. The van der Waals surface area contributed by atoms with Crippen LogP contribution in [0.5, 0.6) is 0 Å². The minimum atomic E-state index is -1.29. The van der Waals surface area contributed by atoms with E-state index in [0.717, 1.165) is 0 Å². The van der Waals surface area contributed by atoms with E-state index in [2.05, 4.69) is 25.9 Å². The average Bonchev–Trinajstić information content (AvgIpc) is 3.53. The normalized spacial score (nSPS) is 22.6. The van der Waals surface area contributed by atoms with E-state index in [1.807, 2.05) is 13.8 Å². The quantitative estimate of drug-likeness (QED) is 0.261. The number of nitrogens with zero attached hydrogens (tertiary/aromatic N) is 8. The smallest absolute Gasteiger partial charge is 0.405 e. The third-order valence-corrected chi connectivity index (χ3v) is 7.53. The molecule has 3 atom stereocenters. The van der Waals surface area contributed by atoms with E-state index in [4.69, 9.17) is 5.11 Å². The van der Waals surface area contributed by atoms with Crippen LogP contribution in [-0.4, -0.2) is 108 Å². The van der Waals surface area contributed by atoms with E-state index >= 15 is 0 Å². The monoisotopic (exact) mass is 509 g/mol. The number of amides is 3. The van der Waals surface area contributed by atoms with Gasteiger partial charge in [-0.3, -0.25) is 19.0 Å². The van der Waals surface area contributed by atoms with Crippen LogP contribution in [0.3, 0.4) is 0 Å². The number of fused-ring (bicyclic) bond motifs is 1. The zero-order valence-corrected chi connectivity index (χ0v) is 20.0. The van der Waals surface area contributed by atoms with Crippen LogP contribution in [0.4, 0.5) is 4.79 Å². The van der Waals surface area contributed by atoms with Crippen LogP contribution in [-0.2, 0) is 35.9 Å². The van der Waals surface area contributed by atoms with E-state index in [1.54, 1.807) is 17.3 Å². The summed E-state index contributed by atoms with van der Waals surface area (Å²) in [5.41, 5.74) is 0.808. The van der Waals surface area contributed by atoms with Crippen LogP contribution in [0.25, 0.3) is 0 Å². The number of hydrogen-bond donors (Lipinski definition) is 4. The number of carboxylic acid groups (broad SMARTS) is 1. The molecule has 2 aliphatic heterocycles. The molecule has 0 spiro atoms. The van der Waals surface area contributed by atoms with Crippen molar-refractivity contribution in [1.29, 1.82) is 0 Å². The number of rotatable bonds is 10. The Kier molecular flexibility index (Phi) is 6.95. The molecule has 15 nitrogen and oxygen atoms in total. The highest BCUT2D eigenvalue weighted by Crippen LogP contribution is 2.51. The predicted octanol–water partition coefficient (Wildman–Crippen LogP) is -1.92. The molecule has 0 saturated carbocycles. The number of β-lactam (4-membered cyclic amide) rings is 1. The lowest BCUT2D eigenvalue weighted by Gasteiger charge is -2.44. The lowest BCUT2D eigenvalue weighted by atomic mass is 9.94. The number of aliphatic hydroxyl groups is 2. The highest BCUT2D eigenvalue weighted by Gasteiger charge is 2.64. The zero-order valence-electron chi connectivity index (χ0n) is 19.2. The maximum atomic E-state index is 13.8. The first-order valence-electron chi connectivity index (χ1n) is 10.9. The molecule has 2 aromatic rings. The fourth-order valence-corrected chi connectivity index (χ4v) is 5.90. The van der Waals surface area contributed by atoms with Gasteiger partial charge >= 0.3 is 6.09 Å². The van der Waals surface area contributed by atoms with Crippen molar-refractivity contribution in [2.45, 2.75) is 62.4 Å². The Labute approximate surface area is 204 Å². The Bertz CT molecular complexity index is 1060. The summed E-state index contributed by atoms with van der Waals surface area (Å²) in [6, 6.07) is -1.67. The molecule has 0 aromatic carbocycles. The third kappa shape index (κ3) is 4.94. The van der Waals surface area contributed by atoms with Gasteiger partial charge in [0.25, 0.3) is 0 Å². The molecular weight excluding hydrogens is 482 g/mol. The molecule has 4 rings (SSSR count). The van der Waals surface area contributed by atoms with Gasteiger partial charge in [-0.05, 0) is 13.8 Å². The number of hydrogen-bond acceptors (Lipinski definition) is 10. The first kappa shape index (κ1) is 24.9. The second kappa shape index (κ2) is 9.79. The second-order valence-electron chi connectivity index (χ2n) is 8.77. The van der Waals surface area contributed by atoms with E-state index in [-0.39, 0.29) is 32.2 Å². The van der Waals surface area contributed by atoms with Gasteiger partial charge in [-0.15, -0.1) is 22.0 Å². The van der Waals surface area contributed by atoms with Crippen molar-refractivity contribution in [1.82, 2.24) is 45.1 Å². The second-order valence-corrected chi connectivity index (χ2v) is 10.5. The van der Waals surface area contributed by atoms with Crippen LogP contribution in [0.1, 0.15) is 25.2 Å².